The SMILES string of the molecule is CC(C)C(=O)CCSSC(C)(C)CC(=O)C(C)C. The first-order valence-corrected chi connectivity index (χ1v) is 8.83. The van der Waals surface area contributed by atoms with E-state index in [9.17, 15) is 9.59 Å². The van der Waals surface area contributed by atoms with Crippen molar-refractivity contribution in [1.82, 2.24) is 0 Å². The molecule has 0 N–H and O–H groups in total. The molecule has 0 radical (unpaired) electrons. The Kier molecular flexibility index (Phi) is 8.28. The van der Waals surface area contributed by atoms with Gasteiger partial charge in [-0.1, -0.05) is 49.3 Å². The van der Waals surface area contributed by atoms with E-state index in [0.717, 1.165) is 5.75 Å². The van der Waals surface area contributed by atoms with Gasteiger partial charge in [-0.25, -0.2) is 0 Å². The Labute approximate surface area is 119 Å². The molecule has 0 aliphatic heterocycles. The van der Waals surface area contributed by atoms with Crippen molar-refractivity contribution < 1.29 is 9.59 Å². The fourth-order valence-corrected chi connectivity index (χ4v) is 3.81. The van der Waals surface area contributed by atoms with Gasteiger partial charge in [0.15, 0.2) is 0 Å². The van der Waals surface area contributed by atoms with Crippen molar-refractivity contribution in [3.63, 3.8) is 0 Å². The number of carbonyl (C=O) groups is 2. The van der Waals surface area contributed by atoms with Crippen molar-refractivity contribution in [3.8, 4) is 0 Å². The van der Waals surface area contributed by atoms with Crippen LogP contribution in [0.5, 0.6) is 0 Å². The zero-order valence-electron chi connectivity index (χ0n) is 12.4. The smallest absolute Gasteiger partial charge is 0.136 e. The molecule has 0 aliphatic rings. The van der Waals surface area contributed by atoms with Gasteiger partial charge in [0.1, 0.15) is 11.6 Å². The van der Waals surface area contributed by atoms with Gasteiger partial charge in [0.05, 0.1) is 0 Å². The predicted octanol–water partition coefficient (Wildman–Crippen LogP) is 4.38. The fourth-order valence-electron chi connectivity index (χ4n) is 1.29. The van der Waals surface area contributed by atoms with Crippen LogP contribution in [0.4, 0.5) is 0 Å². The van der Waals surface area contributed by atoms with Crippen LogP contribution in [0.1, 0.15) is 54.4 Å². The van der Waals surface area contributed by atoms with Crippen LogP contribution >= 0.6 is 21.6 Å². The molecule has 0 bridgehead atoms. The second kappa shape index (κ2) is 8.26. The van der Waals surface area contributed by atoms with Gasteiger partial charge >= 0.3 is 0 Å². The minimum Gasteiger partial charge on any atom is -0.299 e. The number of hydrogen-bond acceptors (Lipinski definition) is 4. The predicted molar refractivity (Wildman–Crippen MR) is 83.1 cm³/mol. The van der Waals surface area contributed by atoms with E-state index < -0.39 is 0 Å². The van der Waals surface area contributed by atoms with Gasteiger partial charge in [-0.15, -0.1) is 0 Å². The van der Waals surface area contributed by atoms with Gasteiger partial charge in [0, 0.05) is 35.2 Å². The standard InChI is InChI=1S/C14H26O2S2/c1-10(2)12(15)7-8-17-18-14(5,6)9-13(16)11(3)4/h10-11H,7-9H2,1-6H3. The average Bonchev–Trinajstić information content (AvgIpc) is 2.23. The third kappa shape index (κ3) is 8.20. The molecule has 0 atom stereocenters. The molecule has 0 heterocycles. The zero-order valence-corrected chi connectivity index (χ0v) is 14.0. The van der Waals surface area contributed by atoms with Gasteiger partial charge in [-0.05, 0) is 13.8 Å². The molecule has 0 saturated heterocycles. The van der Waals surface area contributed by atoms with Crippen LogP contribution in [0.2, 0.25) is 0 Å². The van der Waals surface area contributed by atoms with Gasteiger partial charge < -0.3 is 0 Å². The summed E-state index contributed by atoms with van der Waals surface area (Å²) in [5.41, 5.74) is 0. The summed E-state index contributed by atoms with van der Waals surface area (Å²) in [6, 6.07) is 0. The quantitative estimate of drug-likeness (QED) is 0.466. The molecular formula is C14H26O2S2. The summed E-state index contributed by atoms with van der Waals surface area (Å²) >= 11 is 0. The topological polar surface area (TPSA) is 34.1 Å². The van der Waals surface area contributed by atoms with Crippen molar-refractivity contribution in [1.29, 1.82) is 0 Å². The van der Waals surface area contributed by atoms with Gasteiger partial charge in [0.25, 0.3) is 0 Å². The Bertz CT molecular complexity index is 284. The lowest BCUT2D eigenvalue weighted by Gasteiger charge is -2.23. The second-order valence-corrected chi connectivity index (χ2v) is 8.96. The molecule has 4 heteroatoms. The number of ketones is 2. The minimum absolute atomic E-state index is 0.0487. The van der Waals surface area contributed by atoms with Crippen LogP contribution < -0.4 is 0 Å². The average molecular weight is 290 g/mol. The van der Waals surface area contributed by atoms with Crippen molar-refractivity contribution >= 4 is 33.2 Å². The highest BCUT2D eigenvalue weighted by atomic mass is 33.1. The van der Waals surface area contributed by atoms with Gasteiger partial charge in [-0.2, -0.15) is 0 Å². The molecule has 2 nitrogen and oxygen atoms in total. The first-order chi connectivity index (χ1) is 8.15. The number of rotatable bonds is 9. The summed E-state index contributed by atoms with van der Waals surface area (Å²) in [5.74, 6) is 1.70. The monoisotopic (exact) mass is 290 g/mol. The molecule has 0 aromatic rings. The lowest BCUT2D eigenvalue weighted by Crippen LogP contribution is -2.22. The van der Waals surface area contributed by atoms with Gasteiger partial charge in [-0.3, -0.25) is 9.59 Å². The van der Waals surface area contributed by atoms with E-state index in [0.29, 0.717) is 24.4 Å². The van der Waals surface area contributed by atoms with E-state index >= 15 is 0 Å². The van der Waals surface area contributed by atoms with Crippen molar-refractivity contribution in [2.75, 3.05) is 5.75 Å². The summed E-state index contributed by atoms with van der Waals surface area (Å²) in [6.45, 7) is 11.9. The third-order valence-electron chi connectivity index (χ3n) is 2.60. The first kappa shape index (κ1) is 18.0. The maximum absolute atomic E-state index is 11.7. The number of carbonyl (C=O) groups excluding carboxylic acids is 2. The summed E-state index contributed by atoms with van der Waals surface area (Å²) in [7, 11) is 3.43. The Balaban J connectivity index is 3.91. The number of Topliss-reactive ketones (excluding diaryl/α,β-unsaturated/α-hetero) is 2. The molecule has 0 aromatic heterocycles. The van der Waals surface area contributed by atoms with Crippen LogP contribution in [0, 0.1) is 11.8 Å². The van der Waals surface area contributed by atoms with E-state index in [4.69, 9.17) is 0 Å². The van der Waals surface area contributed by atoms with Crippen LogP contribution in [-0.2, 0) is 9.59 Å². The van der Waals surface area contributed by atoms with E-state index in [1.54, 1.807) is 21.6 Å². The maximum Gasteiger partial charge on any atom is 0.136 e. The van der Waals surface area contributed by atoms with Gasteiger partial charge in [0.2, 0.25) is 0 Å². The minimum atomic E-state index is -0.0487. The van der Waals surface area contributed by atoms with E-state index in [1.807, 2.05) is 27.7 Å². The maximum atomic E-state index is 11.7. The van der Waals surface area contributed by atoms with E-state index in [1.165, 1.54) is 0 Å². The summed E-state index contributed by atoms with van der Waals surface area (Å²) in [5, 5.41) is 0. The molecule has 0 rings (SSSR count). The molecule has 106 valence electrons. The lowest BCUT2D eigenvalue weighted by atomic mass is 9.99. The Morgan fingerprint density at radius 1 is 1.00 bits per heavy atom. The summed E-state index contributed by atoms with van der Waals surface area (Å²) < 4.78 is -0.0487. The summed E-state index contributed by atoms with van der Waals surface area (Å²) in [4.78, 5) is 23.2. The molecular weight excluding hydrogens is 264 g/mol. The first-order valence-electron chi connectivity index (χ1n) is 6.52. The van der Waals surface area contributed by atoms with Crippen LogP contribution in [0.15, 0.2) is 0 Å². The third-order valence-corrected chi connectivity index (χ3v) is 5.90. The fraction of sp³-hybridized carbons (Fsp3) is 0.857. The Hall–Kier alpha value is 0.0400. The van der Waals surface area contributed by atoms with Crippen molar-refractivity contribution in [2.24, 2.45) is 11.8 Å². The van der Waals surface area contributed by atoms with Crippen LogP contribution in [0.25, 0.3) is 0 Å². The molecule has 0 saturated carbocycles. The van der Waals surface area contributed by atoms with Crippen LogP contribution in [0.3, 0.4) is 0 Å². The molecule has 0 fully saturated rings. The molecule has 0 aromatic carbocycles. The highest BCUT2D eigenvalue weighted by Crippen LogP contribution is 2.39. The van der Waals surface area contributed by atoms with E-state index in [2.05, 4.69) is 13.8 Å². The highest BCUT2D eigenvalue weighted by Gasteiger charge is 2.24. The largest absolute Gasteiger partial charge is 0.299 e. The highest BCUT2D eigenvalue weighted by molar-refractivity contribution is 8.77. The molecule has 0 amide bonds. The Morgan fingerprint density at radius 3 is 1.94 bits per heavy atom. The zero-order chi connectivity index (χ0) is 14.3. The summed E-state index contributed by atoms with van der Waals surface area (Å²) in [6.07, 6.45) is 1.23. The molecule has 0 aliphatic carbocycles. The molecule has 0 unspecified atom stereocenters. The second-order valence-electron chi connectivity index (χ2n) is 5.83. The normalized spacial score (nSPS) is 12.2. The van der Waals surface area contributed by atoms with E-state index in [-0.39, 0.29) is 16.6 Å². The number of hydrogen-bond donors (Lipinski definition) is 0. The Morgan fingerprint density at radius 2 is 1.50 bits per heavy atom. The molecule has 18 heavy (non-hydrogen) atoms. The van der Waals surface area contributed by atoms with Crippen molar-refractivity contribution in [2.45, 2.75) is 59.1 Å². The van der Waals surface area contributed by atoms with Crippen LogP contribution in [-0.4, -0.2) is 22.1 Å². The molecule has 0 spiro atoms. The van der Waals surface area contributed by atoms with Crippen molar-refractivity contribution in [3.05, 3.63) is 0 Å². The lowest BCUT2D eigenvalue weighted by molar-refractivity contribution is -0.122.